The zero-order valence-electron chi connectivity index (χ0n) is 14.2. The van der Waals surface area contributed by atoms with Crippen molar-refractivity contribution in [2.45, 2.75) is 13.3 Å². The normalized spacial score (nSPS) is 11.0. The van der Waals surface area contributed by atoms with Gasteiger partial charge in [0.2, 0.25) is 0 Å². The summed E-state index contributed by atoms with van der Waals surface area (Å²) in [5.41, 5.74) is 1.87. The molecule has 8 nitrogen and oxygen atoms in total. The van der Waals surface area contributed by atoms with Gasteiger partial charge in [0.1, 0.15) is 17.2 Å². The molecule has 2 aromatic heterocycles. The maximum absolute atomic E-state index is 12.3. The Morgan fingerprint density at radius 3 is 2.79 bits per heavy atom. The van der Waals surface area contributed by atoms with Crippen molar-refractivity contribution in [3.05, 3.63) is 35.4 Å². The number of fused-ring (bicyclic) bond motifs is 1. The van der Waals surface area contributed by atoms with Gasteiger partial charge in [-0.05, 0) is 25.1 Å². The van der Waals surface area contributed by atoms with Crippen molar-refractivity contribution >= 4 is 23.0 Å². The standard InChI is InChI=1S/C16H20N6O2/c1-10-19-20-14(22(10)4)7-8-17-15(23)11-5-6-13-12(9-11)18-16(24-13)21(2)3/h5-6,9H,7-8H2,1-4H3,(H,17,23). The van der Waals surface area contributed by atoms with E-state index in [0.717, 1.165) is 11.6 Å². The van der Waals surface area contributed by atoms with Crippen LogP contribution in [0.5, 0.6) is 0 Å². The Kier molecular flexibility index (Phi) is 4.20. The van der Waals surface area contributed by atoms with Crippen molar-refractivity contribution in [3.8, 4) is 0 Å². The van der Waals surface area contributed by atoms with E-state index < -0.39 is 0 Å². The molecule has 24 heavy (non-hydrogen) atoms. The monoisotopic (exact) mass is 328 g/mol. The third-order valence-electron chi connectivity index (χ3n) is 3.84. The Morgan fingerprint density at radius 1 is 1.33 bits per heavy atom. The average Bonchev–Trinajstić information content (AvgIpc) is 3.12. The lowest BCUT2D eigenvalue weighted by atomic mass is 10.2. The highest BCUT2D eigenvalue weighted by Crippen LogP contribution is 2.21. The lowest BCUT2D eigenvalue weighted by Crippen LogP contribution is -2.26. The molecule has 0 aliphatic heterocycles. The fraction of sp³-hybridized carbons (Fsp3) is 0.375. The van der Waals surface area contributed by atoms with Gasteiger partial charge in [-0.1, -0.05) is 0 Å². The summed E-state index contributed by atoms with van der Waals surface area (Å²) in [6.07, 6.45) is 0.625. The summed E-state index contributed by atoms with van der Waals surface area (Å²) in [4.78, 5) is 18.4. The summed E-state index contributed by atoms with van der Waals surface area (Å²) in [6, 6.07) is 5.73. The van der Waals surface area contributed by atoms with Gasteiger partial charge in [0.15, 0.2) is 5.58 Å². The van der Waals surface area contributed by atoms with Crippen LogP contribution >= 0.6 is 0 Å². The average molecular weight is 328 g/mol. The van der Waals surface area contributed by atoms with Gasteiger partial charge in [0.25, 0.3) is 11.9 Å². The van der Waals surface area contributed by atoms with E-state index >= 15 is 0 Å². The van der Waals surface area contributed by atoms with Crippen molar-refractivity contribution in [1.29, 1.82) is 0 Å². The number of aryl methyl sites for hydroxylation is 1. The Hall–Kier alpha value is -2.90. The molecule has 0 unspecified atom stereocenters. The molecule has 0 radical (unpaired) electrons. The number of benzene rings is 1. The second-order valence-electron chi connectivity index (χ2n) is 5.80. The van der Waals surface area contributed by atoms with Crippen LogP contribution in [0.3, 0.4) is 0 Å². The van der Waals surface area contributed by atoms with Crippen molar-refractivity contribution in [2.24, 2.45) is 7.05 Å². The van der Waals surface area contributed by atoms with Crippen molar-refractivity contribution in [3.63, 3.8) is 0 Å². The van der Waals surface area contributed by atoms with E-state index in [2.05, 4.69) is 20.5 Å². The molecule has 1 N–H and O–H groups in total. The summed E-state index contributed by atoms with van der Waals surface area (Å²) in [5, 5.41) is 11.0. The van der Waals surface area contributed by atoms with Crippen molar-refractivity contribution in [1.82, 2.24) is 25.1 Å². The van der Waals surface area contributed by atoms with Crippen LogP contribution in [0, 0.1) is 6.92 Å². The molecule has 0 fully saturated rings. The number of hydrogen-bond donors (Lipinski definition) is 1. The molecule has 0 saturated heterocycles. The van der Waals surface area contributed by atoms with Crippen LogP contribution < -0.4 is 10.2 Å². The first-order valence-electron chi connectivity index (χ1n) is 7.66. The number of nitrogens with one attached hydrogen (secondary N) is 1. The SMILES string of the molecule is Cc1nnc(CCNC(=O)c2ccc3oc(N(C)C)nc3c2)n1C. The van der Waals surface area contributed by atoms with Gasteiger partial charge in [-0.3, -0.25) is 4.79 Å². The summed E-state index contributed by atoms with van der Waals surface area (Å²) in [6.45, 7) is 2.38. The molecule has 3 aromatic rings. The minimum atomic E-state index is -0.148. The molecule has 0 spiro atoms. The lowest BCUT2D eigenvalue weighted by Gasteiger charge is -2.05. The van der Waals surface area contributed by atoms with Gasteiger partial charge in [-0.15, -0.1) is 10.2 Å². The first kappa shape index (κ1) is 16.0. The maximum atomic E-state index is 12.3. The van der Waals surface area contributed by atoms with E-state index in [1.807, 2.05) is 32.6 Å². The van der Waals surface area contributed by atoms with Crippen LogP contribution in [-0.4, -0.2) is 46.3 Å². The Labute approximate surface area is 139 Å². The van der Waals surface area contributed by atoms with E-state index in [1.165, 1.54) is 0 Å². The highest BCUT2D eigenvalue weighted by Gasteiger charge is 2.12. The van der Waals surface area contributed by atoms with Crippen LogP contribution in [0.25, 0.3) is 11.1 Å². The number of carbonyl (C=O) groups excluding carboxylic acids is 1. The number of amides is 1. The molecule has 0 bridgehead atoms. The highest BCUT2D eigenvalue weighted by atomic mass is 16.4. The number of hydrogen-bond acceptors (Lipinski definition) is 6. The quantitative estimate of drug-likeness (QED) is 0.759. The Bertz CT molecular complexity index is 880. The van der Waals surface area contributed by atoms with Gasteiger partial charge in [-0.2, -0.15) is 4.98 Å². The predicted molar refractivity (Wildman–Crippen MR) is 90.1 cm³/mol. The predicted octanol–water partition coefficient (Wildman–Crippen LogP) is 1.30. The Balaban J connectivity index is 1.66. The fourth-order valence-corrected chi connectivity index (χ4v) is 2.31. The smallest absolute Gasteiger partial charge is 0.297 e. The molecular formula is C16H20N6O2. The van der Waals surface area contributed by atoms with Crippen molar-refractivity contribution in [2.75, 3.05) is 25.5 Å². The fourth-order valence-electron chi connectivity index (χ4n) is 2.31. The highest BCUT2D eigenvalue weighted by molar-refractivity contribution is 5.97. The number of carbonyl (C=O) groups is 1. The molecule has 2 heterocycles. The molecule has 126 valence electrons. The molecule has 0 aliphatic rings. The van der Waals surface area contributed by atoms with Gasteiger partial charge < -0.3 is 19.2 Å². The van der Waals surface area contributed by atoms with E-state index in [1.54, 1.807) is 23.1 Å². The molecule has 1 amide bonds. The largest absolute Gasteiger partial charge is 0.423 e. The number of aromatic nitrogens is 4. The first-order chi connectivity index (χ1) is 11.5. The summed E-state index contributed by atoms with van der Waals surface area (Å²) in [7, 11) is 5.62. The number of anilines is 1. The number of rotatable bonds is 5. The van der Waals surface area contributed by atoms with Crippen LogP contribution in [0.15, 0.2) is 22.6 Å². The van der Waals surface area contributed by atoms with Crippen LogP contribution in [0.1, 0.15) is 22.0 Å². The molecule has 0 aliphatic carbocycles. The second kappa shape index (κ2) is 6.31. The molecule has 1 aromatic carbocycles. The van der Waals surface area contributed by atoms with Crippen LogP contribution in [-0.2, 0) is 13.5 Å². The van der Waals surface area contributed by atoms with Gasteiger partial charge in [-0.25, -0.2) is 0 Å². The third kappa shape index (κ3) is 3.08. The van der Waals surface area contributed by atoms with E-state index in [0.29, 0.717) is 35.6 Å². The zero-order chi connectivity index (χ0) is 17.3. The Morgan fingerprint density at radius 2 is 2.12 bits per heavy atom. The van der Waals surface area contributed by atoms with Gasteiger partial charge >= 0.3 is 0 Å². The zero-order valence-corrected chi connectivity index (χ0v) is 14.2. The first-order valence-corrected chi connectivity index (χ1v) is 7.66. The van der Waals surface area contributed by atoms with E-state index in [-0.39, 0.29) is 5.91 Å². The molecule has 0 saturated carbocycles. The van der Waals surface area contributed by atoms with Crippen LogP contribution in [0.2, 0.25) is 0 Å². The minimum absolute atomic E-state index is 0.148. The molecule has 8 heteroatoms. The minimum Gasteiger partial charge on any atom is -0.423 e. The number of oxazole rings is 1. The lowest BCUT2D eigenvalue weighted by molar-refractivity contribution is 0.0954. The van der Waals surface area contributed by atoms with Crippen molar-refractivity contribution < 1.29 is 9.21 Å². The third-order valence-corrected chi connectivity index (χ3v) is 3.84. The second-order valence-corrected chi connectivity index (χ2v) is 5.80. The molecular weight excluding hydrogens is 308 g/mol. The topological polar surface area (TPSA) is 89.1 Å². The maximum Gasteiger partial charge on any atom is 0.297 e. The molecule has 3 rings (SSSR count). The summed E-state index contributed by atoms with van der Waals surface area (Å²) < 4.78 is 7.50. The van der Waals surface area contributed by atoms with Crippen LogP contribution in [0.4, 0.5) is 6.01 Å². The molecule has 0 atom stereocenters. The number of nitrogens with zero attached hydrogens (tertiary/aromatic N) is 5. The summed E-state index contributed by atoms with van der Waals surface area (Å²) in [5.74, 6) is 1.55. The van der Waals surface area contributed by atoms with Gasteiger partial charge in [0, 0.05) is 39.7 Å². The summed E-state index contributed by atoms with van der Waals surface area (Å²) >= 11 is 0. The van der Waals surface area contributed by atoms with E-state index in [4.69, 9.17) is 4.42 Å². The van der Waals surface area contributed by atoms with Gasteiger partial charge in [0.05, 0.1) is 0 Å². The van der Waals surface area contributed by atoms with E-state index in [9.17, 15) is 4.79 Å².